The Balaban J connectivity index is 2.25. The van der Waals surface area contributed by atoms with E-state index >= 15 is 0 Å². The van der Waals surface area contributed by atoms with Crippen molar-refractivity contribution in [2.75, 3.05) is 18.4 Å². The zero-order chi connectivity index (χ0) is 13.4. The fraction of sp³-hybridized carbons (Fsp3) is 0.462. The monoisotopic (exact) mass is 254 g/mol. The lowest BCUT2D eigenvalue weighted by Crippen LogP contribution is -2.33. The van der Waals surface area contributed by atoms with Crippen LogP contribution in [0.15, 0.2) is 24.3 Å². The lowest BCUT2D eigenvalue weighted by molar-refractivity contribution is -0.115. The van der Waals surface area contributed by atoms with Crippen molar-refractivity contribution in [2.24, 2.45) is 0 Å². The summed E-state index contributed by atoms with van der Waals surface area (Å²) < 4.78 is 12.9. The molecule has 0 aliphatic carbocycles. The minimum Gasteiger partial charge on any atom is -0.392 e. The SMILES string of the molecule is CCCC(O)CNCC(=O)Nc1cccc(F)c1. The molecule has 0 aliphatic rings. The Kier molecular flexibility index (Phi) is 6.32. The second-order valence-corrected chi connectivity index (χ2v) is 4.13. The summed E-state index contributed by atoms with van der Waals surface area (Å²) in [6.45, 7) is 2.46. The van der Waals surface area contributed by atoms with Crippen LogP contribution in [-0.2, 0) is 4.79 Å². The quantitative estimate of drug-likeness (QED) is 0.691. The van der Waals surface area contributed by atoms with Gasteiger partial charge in [-0.3, -0.25) is 4.79 Å². The maximum atomic E-state index is 12.9. The average molecular weight is 254 g/mol. The normalized spacial score (nSPS) is 12.2. The number of hydrogen-bond acceptors (Lipinski definition) is 3. The van der Waals surface area contributed by atoms with Crippen LogP contribution in [0.5, 0.6) is 0 Å². The van der Waals surface area contributed by atoms with Gasteiger partial charge in [0.15, 0.2) is 0 Å². The molecular weight excluding hydrogens is 235 g/mol. The van der Waals surface area contributed by atoms with Gasteiger partial charge >= 0.3 is 0 Å². The first-order valence-corrected chi connectivity index (χ1v) is 6.06. The first-order chi connectivity index (χ1) is 8.61. The van der Waals surface area contributed by atoms with Crippen molar-refractivity contribution in [3.63, 3.8) is 0 Å². The van der Waals surface area contributed by atoms with Gasteiger partial charge in [0.05, 0.1) is 12.6 Å². The summed E-state index contributed by atoms with van der Waals surface area (Å²) in [5, 5.41) is 14.9. The highest BCUT2D eigenvalue weighted by molar-refractivity contribution is 5.92. The third-order valence-electron chi connectivity index (χ3n) is 2.40. The zero-order valence-electron chi connectivity index (χ0n) is 10.4. The summed E-state index contributed by atoms with van der Waals surface area (Å²) in [6.07, 6.45) is 1.17. The third-order valence-corrected chi connectivity index (χ3v) is 2.40. The van der Waals surface area contributed by atoms with Crippen LogP contribution in [-0.4, -0.2) is 30.2 Å². The van der Waals surface area contributed by atoms with Crippen molar-refractivity contribution in [2.45, 2.75) is 25.9 Å². The van der Waals surface area contributed by atoms with Crippen LogP contribution >= 0.6 is 0 Å². The first kappa shape index (κ1) is 14.6. The second-order valence-electron chi connectivity index (χ2n) is 4.13. The molecule has 0 spiro atoms. The van der Waals surface area contributed by atoms with Crippen LogP contribution in [0.25, 0.3) is 0 Å². The molecule has 0 saturated heterocycles. The number of hydrogen-bond donors (Lipinski definition) is 3. The van der Waals surface area contributed by atoms with Gasteiger partial charge in [0.25, 0.3) is 0 Å². The largest absolute Gasteiger partial charge is 0.392 e. The van der Waals surface area contributed by atoms with E-state index < -0.39 is 6.10 Å². The lowest BCUT2D eigenvalue weighted by atomic mass is 10.2. The lowest BCUT2D eigenvalue weighted by Gasteiger charge is -2.10. The molecular formula is C13H19FN2O2. The Hall–Kier alpha value is -1.46. The molecule has 0 fully saturated rings. The second kappa shape index (κ2) is 7.79. The molecule has 0 radical (unpaired) electrons. The van der Waals surface area contributed by atoms with Crippen LogP contribution in [0.2, 0.25) is 0 Å². The summed E-state index contributed by atoms with van der Waals surface area (Å²) >= 11 is 0. The van der Waals surface area contributed by atoms with E-state index in [9.17, 15) is 14.3 Å². The predicted octanol–water partition coefficient (Wildman–Crippen LogP) is 1.51. The molecule has 100 valence electrons. The van der Waals surface area contributed by atoms with E-state index in [0.29, 0.717) is 18.7 Å². The summed E-state index contributed by atoms with van der Waals surface area (Å²) in [7, 11) is 0. The van der Waals surface area contributed by atoms with Crippen LogP contribution in [0, 0.1) is 5.82 Å². The minimum atomic E-state index is -0.433. The molecule has 1 aromatic carbocycles. The fourth-order valence-electron chi connectivity index (χ4n) is 1.56. The van der Waals surface area contributed by atoms with Gasteiger partial charge in [0.1, 0.15) is 5.82 Å². The number of nitrogens with one attached hydrogen (secondary N) is 2. The topological polar surface area (TPSA) is 61.4 Å². The third kappa shape index (κ3) is 5.75. The van der Waals surface area contributed by atoms with Gasteiger partial charge in [-0.15, -0.1) is 0 Å². The number of aliphatic hydroxyl groups is 1. The van der Waals surface area contributed by atoms with Gasteiger partial charge in [0.2, 0.25) is 5.91 Å². The van der Waals surface area contributed by atoms with Crippen molar-refractivity contribution in [1.82, 2.24) is 5.32 Å². The maximum Gasteiger partial charge on any atom is 0.238 e. The van der Waals surface area contributed by atoms with Crippen LogP contribution in [0.1, 0.15) is 19.8 Å². The number of carbonyl (C=O) groups is 1. The van der Waals surface area contributed by atoms with E-state index in [4.69, 9.17) is 0 Å². The Morgan fingerprint density at radius 1 is 1.50 bits per heavy atom. The number of aliphatic hydroxyl groups excluding tert-OH is 1. The fourth-order valence-corrected chi connectivity index (χ4v) is 1.56. The number of anilines is 1. The van der Waals surface area contributed by atoms with E-state index in [-0.39, 0.29) is 18.3 Å². The zero-order valence-corrected chi connectivity index (χ0v) is 10.4. The van der Waals surface area contributed by atoms with E-state index in [1.54, 1.807) is 6.07 Å². The summed E-state index contributed by atoms with van der Waals surface area (Å²) in [6, 6.07) is 5.72. The molecule has 1 atom stereocenters. The van der Waals surface area contributed by atoms with E-state index in [2.05, 4.69) is 10.6 Å². The van der Waals surface area contributed by atoms with Gasteiger partial charge in [-0.25, -0.2) is 4.39 Å². The van der Waals surface area contributed by atoms with Crippen LogP contribution in [0.3, 0.4) is 0 Å². The van der Waals surface area contributed by atoms with Crippen molar-refractivity contribution >= 4 is 11.6 Å². The van der Waals surface area contributed by atoms with Gasteiger partial charge in [-0.05, 0) is 24.6 Å². The number of benzene rings is 1. The summed E-state index contributed by atoms with van der Waals surface area (Å²) in [4.78, 5) is 11.5. The van der Waals surface area contributed by atoms with E-state index in [1.807, 2.05) is 6.92 Å². The van der Waals surface area contributed by atoms with Crippen molar-refractivity contribution in [3.8, 4) is 0 Å². The Labute approximate surface area is 106 Å². The molecule has 3 N–H and O–H groups in total. The van der Waals surface area contributed by atoms with Crippen molar-refractivity contribution in [1.29, 1.82) is 0 Å². The Morgan fingerprint density at radius 2 is 2.28 bits per heavy atom. The van der Waals surface area contributed by atoms with E-state index in [0.717, 1.165) is 6.42 Å². The molecule has 0 aliphatic heterocycles. The van der Waals surface area contributed by atoms with Crippen molar-refractivity contribution < 1.29 is 14.3 Å². The highest BCUT2D eigenvalue weighted by atomic mass is 19.1. The molecule has 4 nitrogen and oxygen atoms in total. The van der Waals surface area contributed by atoms with Crippen LogP contribution in [0.4, 0.5) is 10.1 Å². The highest BCUT2D eigenvalue weighted by Crippen LogP contribution is 2.08. The molecule has 5 heteroatoms. The maximum absolute atomic E-state index is 12.9. The highest BCUT2D eigenvalue weighted by Gasteiger charge is 2.05. The first-order valence-electron chi connectivity index (χ1n) is 6.06. The number of carbonyl (C=O) groups excluding carboxylic acids is 1. The molecule has 1 unspecified atom stereocenters. The molecule has 1 aromatic rings. The molecule has 0 bridgehead atoms. The standard InChI is InChI=1S/C13H19FN2O2/c1-2-4-12(17)8-15-9-13(18)16-11-6-3-5-10(14)7-11/h3,5-7,12,15,17H,2,4,8-9H2,1H3,(H,16,18). The molecule has 0 saturated carbocycles. The van der Waals surface area contributed by atoms with Crippen molar-refractivity contribution in [3.05, 3.63) is 30.1 Å². The van der Waals surface area contributed by atoms with E-state index in [1.165, 1.54) is 18.2 Å². The molecule has 1 amide bonds. The number of rotatable bonds is 7. The van der Waals surface area contributed by atoms with Gasteiger partial charge in [0, 0.05) is 12.2 Å². The Morgan fingerprint density at radius 3 is 2.94 bits per heavy atom. The predicted molar refractivity (Wildman–Crippen MR) is 68.8 cm³/mol. The summed E-state index contributed by atoms with van der Waals surface area (Å²) in [5.74, 6) is -0.650. The molecule has 1 rings (SSSR count). The average Bonchev–Trinajstić information content (AvgIpc) is 2.29. The molecule has 0 heterocycles. The molecule has 0 aromatic heterocycles. The smallest absolute Gasteiger partial charge is 0.238 e. The number of amides is 1. The van der Waals surface area contributed by atoms with Gasteiger partial charge in [-0.2, -0.15) is 0 Å². The van der Waals surface area contributed by atoms with Gasteiger partial charge in [-0.1, -0.05) is 19.4 Å². The number of halogens is 1. The molecule has 18 heavy (non-hydrogen) atoms. The Bertz CT molecular complexity index is 385. The summed E-state index contributed by atoms with van der Waals surface area (Å²) in [5.41, 5.74) is 0.427. The van der Waals surface area contributed by atoms with Crippen LogP contribution < -0.4 is 10.6 Å². The minimum absolute atomic E-state index is 0.0945. The van der Waals surface area contributed by atoms with Gasteiger partial charge < -0.3 is 15.7 Å².